The number of hydrogen-bond donors (Lipinski definition) is 2. The number of hydrogen-bond acceptors (Lipinski definition) is 3. The molecule has 0 radical (unpaired) electrons. The largest absolute Gasteiger partial charge is 0.328 e. The Morgan fingerprint density at radius 3 is 1.67 bits per heavy atom. The van der Waals surface area contributed by atoms with Gasteiger partial charge >= 0.3 is 8.60 Å². The number of rotatable bonds is 2. The molecule has 1 rings (SSSR count). The second-order valence-corrected chi connectivity index (χ2v) is 4.71. The van der Waals surface area contributed by atoms with Gasteiger partial charge in [0.05, 0.1) is 5.60 Å². The maximum atomic E-state index is 8.33. The molecular weight excluding hydrogens is 175 g/mol. The van der Waals surface area contributed by atoms with E-state index in [-0.39, 0.29) is 5.60 Å². The summed E-state index contributed by atoms with van der Waals surface area (Å²) < 4.78 is 4.72. The van der Waals surface area contributed by atoms with Gasteiger partial charge in [-0.3, -0.25) is 0 Å². The summed E-state index contributed by atoms with van der Waals surface area (Å²) in [5, 5.41) is 0. The average Bonchev–Trinajstić information content (AvgIpc) is 2.42. The van der Waals surface area contributed by atoms with Crippen LogP contribution >= 0.6 is 8.60 Å². The molecule has 0 bridgehead atoms. The summed E-state index contributed by atoms with van der Waals surface area (Å²) in [6, 6.07) is 0. The van der Waals surface area contributed by atoms with Crippen LogP contribution in [0, 0.1) is 5.92 Å². The van der Waals surface area contributed by atoms with Gasteiger partial charge in [0.15, 0.2) is 0 Å². The molecule has 74 valence electrons. The normalized spacial score (nSPS) is 19.0. The Labute approximate surface area is 75.8 Å². The van der Waals surface area contributed by atoms with Crippen molar-refractivity contribution in [2.24, 2.45) is 5.92 Å². The second-order valence-electron chi connectivity index (χ2n) is 4.03. The topological polar surface area (TPSA) is 49.7 Å². The SMILES string of the molecule is CC(C)C.CC1(OP(O)O)CC1. The van der Waals surface area contributed by atoms with Crippen molar-refractivity contribution in [2.45, 2.75) is 46.1 Å². The van der Waals surface area contributed by atoms with E-state index >= 15 is 0 Å². The van der Waals surface area contributed by atoms with Gasteiger partial charge in [-0.25, -0.2) is 0 Å². The summed E-state index contributed by atoms with van der Waals surface area (Å²) in [5.74, 6) is 0.833. The van der Waals surface area contributed by atoms with Crippen LogP contribution in [0.1, 0.15) is 40.5 Å². The van der Waals surface area contributed by atoms with Gasteiger partial charge in [0, 0.05) is 0 Å². The van der Waals surface area contributed by atoms with E-state index in [4.69, 9.17) is 14.3 Å². The summed E-state index contributed by atoms with van der Waals surface area (Å²) in [6.45, 7) is 8.37. The fourth-order valence-corrected chi connectivity index (χ4v) is 1.04. The van der Waals surface area contributed by atoms with Crippen LogP contribution in [0.3, 0.4) is 0 Å². The van der Waals surface area contributed by atoms with Crippen molar-refractivity contribution in [2.75, 3.05) is 0 Å². The maximum absolute atomic E-state index is 8.33. The Hall–Kier alpha value is 0.310. The highest BCUT2D eigenvalue weighted by atomic mass is 31.2. The molecule has 1 aliphatic carbocycles. The summed E-state index contributed by atoms with van der Waals surface area (Å²) in [6.07, 6.45) is 1.90. The molecule has 0 aromatic rings. The van der Waals surface area contributed by atoms with Gasteiger partial charge in [-0.05, 0) is 25.7 Å². The fourth-order valence-electron chi connectivity index (χ4n) is 0.464. The smallest absolute Gasteiger partial charge is 0.327 e. The Balaban J connectivity index is 0.000000261. The van der Waals surface area contributed by atoms with Crippen molar-refractivity contribution in [3.05, 3.63) is 0 Å². The van der Waals surface area contributed by atoms with Crippen molar-refractivity contribution in [3.63, 3.8) is 0 Å². The third kappa shape index (κ3) is 8.41. The fraction of sp³-hybridized carbons (Fsp3) is 1.00. The molecule has 3 nitrogen and oxygen atoms in total. The molecule has 2 N–H and O–H groups in total. The van der Waals surface area contributed by atoms with Gasteiger partial charge in [0.2, 0.25) is 0 Å². The van der Waals surface area contributed by atoms with Crippen LogP contribution in [-0.2, 0) is 4.52 Å². The van der Waals surface area contributed by atoms with Crippen molar-refractivity contribution in [3.8, 4) is 0 Å². The molecular formula is C8H19O3P. The molecule has 0 heterocycles. The molecule has 1 aliphatic rings. The molecule has 0 amide bonds. The van der Waals surface area contributed by atoms with E-state index in [0.717, 1.165) is 18.8 Å². The molecule has 1 saturated carbocycles. The molecule has 0 aromatic heterocycles. The minimum absolute atomic E-state index is 0.199. The highest BCUT2D eigenvalue weighted by molar-refractivity contribution is 7.39. The summed E-state index contributed by atoms with van der Waals surface area (Å²) in [4.78, 5) is 16.7. The third-order valence-electron chi connectivity index (χ3n) is 1.26. The van der Waals surface area contributed by atoms with Crippen LogP contribution in [0.2, 0.25) is 0 Å². The van der Waals surface area contributed by atoms with E-state index in [2.05, 4.69) is 20.8 Å². The highest BCUT2D eigenvalue weighted by Crippen LogP contribution is 2.47. The molecule has 0 aromatic carbocycles. The molecule has 0 atom stereocenters. The van der Waals surface area contributed by atoms with E-state index in [0.29, 0.717) is 0 Å². The predicted molar refractivity (Wildman–Crippen MR) is 50.6 cm³/mol. The lowest BCUT2D eigenvalue weighted by Gasteiger charge is -2.08. The summed E-state index contributed by atoms with van der Waals surface area (Å²) in [7, 11) is -2.13. The van der Waals surface area contributed by atoms with Crippen molar-refractivity contribution < 1.29 is 14.3 Å². The van der Waals surface area contributed by atoms with Crippen LogP contribution in [0.5, 0.6) is 0 Å². The van der Waals surface area contributed by atoms with Gasteiger partial charge < -0.3 is 14.3 Å². The lowest BCUT2D eigenvalue weighted by Crippen LogP contribution is -2.02. The zero-order valence-corrected chi connectivity index (χ0v) is 9.14. The first-order valence-corrected chi connectivity index (χ1v) is 5.39. The Morgan fingerprint density at radius 1 is 1.25 bits per heavy atom. The summed E-state index contributed by atoms with van der Waals surface area (Å²) in [5.41, 5.74) is -0.199. The van der Waals surface area contributed by atoms with Crippen molar-refractivity contribution >= 4 is 8.60 Å². The molecule has 0 saturated heterocycles. The monoisotopic (exact) mass is 194 g/mol. The van der Waals surface area contributed by atoms with E-state index in [9.17, 15) is 0 Å². The minimum Gasteiger partial charge on any atom is -0.328 e. The zero-order chi connectivity index (χ0) is 9.78. The van der Waals surface area contributed by atoms with E-state index in [1.165, 1.54) is 0 Å². The molecule has 0 aliphatic heterocycles. The molecule has 1 fully saturated rings. The first-order valence-electron chi connectivity index (χ1n) is 4.23. The van der Waals surface area contributed by atoms with Gasteiger partial charge in [-0.15, -0.1) is 0 Å². The first kappa shape index (κ1) is 12.3. The van der Waals surface area contributed by atoms with Gasteiger partial charge in [0.25, 0.3) is 0 Å². The van der Waals surface area contributed by atoms with E-state index in [1.807, 2.05) is 6.92 Å². The van der Waals surface area contributed by atoms with Crippen molar-refractivity contribution in [1.82, 2.24) is 0 Å². The molecule has 0 spiro atoms. The second kappa shape index (κ2) is 5.13. The Bertz CT molecular complexity index is 119. The summed E-state index contributed by atoms with van der Waals surface area (Å²) >= 11 is 0. The van der Waals surface area contributed by atoms with Crippen LogP contribution in [0.4, 0.5) is 0 Å². The third-order valence-corrected chi connectivity index (χ3v) is 1.86. The van der Waals surface area contributed by atoms with Crippen LogP contribution in [-0.4, -0.2) is 15.4 Å². The lowest BCUT2D eigenvalue weighted by molar-refractivity contribution is 0.167. The Kier molecular flexibility index (Phi) is 5.26. The molecule has 4 heteroatoms. The van der Waals surface area contributed by atoms with Crippen LogP contribution < -0.4 is 0 Å². The lowest BCUT2D eigenvalue weighted by atomic mass is 10.3. The van der Waals surface area contributed by atoms with Gasteiger partial charge in [0.1, 0.15) is 0 Å². The van der Waals surface area contributed by atoms with Crippen LogP contribution in [0.25, 0.3) is 0 Å². The van der Waals surface area contributed by atoms with E-state index < -0.39 is 8.60 Å². The van der Waals surface area contributed by atoms with Crippen molar-refractivity contribution in [1.29, 1.82) is 0 Å². The van der Waals surface area contributed by atoms with E-state index in [1.54, 1.807) is 0 Å². The van der Waals surface area contributed by atoms with Gasteiger partial charge in [-0.2, -0.15) is 0 Å². The van der Waals surface area contributed by atoms with Gasteiger partial charge in [-0.1, -0.05) is 20.8 Å². The quantitative estimate of drug-likeness (QED) is 0.664. The highest BCUT2D eigenvalue weighted by Gasteiger charge is 2.40. The average molecular weight is 194 g/mol. The Morgan fingerprint density at radius 2 is 1.58 bits per heavy atom. The first-order chi connectivity index (χ1) is 5.36. The standard InChI is InChI=1S/C4H9O3P.C4H10/c1-4(2-3-4)7-8(5)6;1-4(2)3/h5-6H,2-3H2,1H3;4H,1-3H3. The minimum atomic E-state index is -2.13. The predicted octanol–water partition coefficient (Wildman–Crippen LogP) is 2.43. The molecule has 12 heavy (non-hydrogen) atoms. The molecule has 0 unspecified atom stereocenters. The van der Waals surface area contributed by atoms with Crippen LogP contribution in [0.15, 0.2) is 0 Å². The zero-order valence-electron chi connectivity index (χ0n) is 8.24. The maximum Gasteiger partial charge on any atom is 0.327 e.